The number of amides is 2. The summed E-state index contributed by atoms with van der Waals surface area (Å²) in [7, 11) is 1.27. The zero-order valence-electron chi connectivity index (χ0n) is 10.9. The first kappa shape index (κ1) is 13.9. The standard InChI is InChI=1S/C13H14N2O5/c1-19-12(17)9-4-2-3-5-10(9)14-11(16)8-15-6-7-20-13(15)18/h2-5H,6-8H2,1H3,(H,14,16). The van der Waals surface area contributed by atoms with Gasteiger partial charge in [-0.15, -0.1) is 0 Å². The Bertz CT molecular complexity index is 543. The third-order valence-electron chi connectivity index (χ3n) is 2.79. The number of cyclic esters (lactones) is 1. The van der Waals surface area contributed by atoms with Crippen LogP contribution < -0.4 is 5.32 Å². The molecule has 20 heavy (non-hydrogen) atoms. The normalized spacial score (nSPS) is 13.8. The van der Waals surface area contributed by atoms with Crippen LogP contribution in [0.1, 0.15) is 10.4 Å². The molecule has 1 aliphatic heterocycles. The molecule has 0 saturated carbocycles. The van der Waals surface area contributed by atoms with Gasteiger partial charge in [-0.1, -0.05) is 12.1 Å². The fraction of sp³-hybridized carbons (Fsp3) is 0.308. The van der Waals surface area contributed by atoms with Gasteiger partial charge in [-0.3, -0.25) is 9.69 Å². The minimum Gasteiger partial charge on any atom is -0.465 e. The molecule has 106 valence electrons. The number of benzene rings is 1. The third-order valence-corrected chi connectivity index (χ3v) is 2.79. The summed E-state index contributed by atoms with van der Waals surface area (Å²) in [6.07, 6.45) is -0.513. The highest BCUT2D eigenvalue weighted by Gasteiger charge is 2.24. The van der Waals surface area contributed by atoms with Crippen molar-refractivity contribution < 1.29 is 23.9 Å². The molecular formula is C13H14N2O5. The Hall–Kier alpha value is -2.57. The number of rotatable bonds is 4. The first-order chi connectivity index (χ1) is 9.61. The van der Waals surface area contributed by atoms with Gasteiger partial charge in [0.15, 0.2) is 0 Å². The van der Waals surface area contributed by atoms with Crippen LogP contribution in [0.5, 0.6) is 0 Å². The number of carbonyl (C=O) groups is 3. The number of esters is 1. The molecule has 0 radical (unpaired) electrons. The average molecular weight is 278 g/mol. The van der Waals surface area contributed by atoms with E-state index in [1.54, 1.807) is 24.3 Å². The molecule has 0 bridgehead atoms. The van der Waals surface area contributed by atoms with E-state index in [1.807, 2.05) is 0 Å². The van der Waals surface area contributed by atoms with Crippen molar-refractivity contribution in [3.05, 3.63) is 29.8 Å². The number of hydrogen-bond acceptors (Lipinski definition) is 5. The number of nitrogens with zero attached hydrogens (tertiary/aromatic N) is 1. The smallest absolute Gasteiger partial charge is 0.410 e. The number of nitrogens with one attached hydrogen (secondary N) is 1. The summed E-state index contributed by atoms with van der Waals surface area (Å²) in [6.45, 7) is 0.546. The van der Waals surface area contributed by atoms with Crippen LogP contribution in [-0.2, 0) is 14.3 Å². The second-order valence-electron chi connectivity index (χ2n) is 4.12. The Kier molecular flexibility index (Phi) is 4.19. The molecule has 2 rings (SSSR count). The Labute approximate surface area is 115 Å². The highest BCUT2D eigenvalue weighted by Crippen LogP contribution is 2.16. The maximum atomic E-state index is 11.9. The van der Waals surface area contributed by atoms with E-state index in [0.717, 1.165) is 0 Å². The second-order valence-corrected chi connectivity index (χ2v) is 4.12. The Morgan fingerprint density at radius 3 is 2.80 bits per heavy atom. The molecule has 7 nitrogen and oxygen atoms in total. The molecule has 1 aliphatic rings. The minimum atomic E-state index is -0.540. The van der Waals surface area contributed by atoms with Gasteiger partial charge in [0.2, 0.25) is 5.91 Å². The highest BCUT2D eigenvalue weighted by molar-refractivity contribution is 6.02. The van der Waals surface area contributed by atoms with Gasteiger partial charge in [0, 0.05) is 0 Å². The second kappa shape index (κ2) is 6.05. The minimum absolute atomic E-state index is 0.117. The lowest BCUT2D eigenvalue weighted by molar-refractivity contribution is -0.116. The quantitative estimate of drug-likeness (QED) is 0.826. The Morgan fingerprint density at radius 2 is 2.15 bits per heavy atom. The molecule has 0 aliphatic carbocycles. The maximum Gasteiger partial charge on any atom is 0.410 e. The fourth-order valence-electron chi connectivity index (χ4n) is 1.81. The van der Waals surface area contributed by atoms with Crippen molar-refractivity contribution in [3.8, 4) is 0 Å². The van der Waals surface area contributed by atoms with Gasteiger partial charge in [-0.05, 0) is 12.1 Å². The van der Waals surface area contributed by atoms with Crippen molar-refractivity contribution >= 4 is 23.7 Å². The van der Waals surface area contributed by atoms with Gasteiger partial charge in [0.05, 0.1) is 24.9 Å². The van der Waals surface area contributed by atoms with Crippen LogP contribution in [0, 0.1) is 0 Å². The van der Waals surface area contributed by atoms with Gasteiger partial charge in [-0.25, -0.2) is 9.59 Å². The lowest BCUT2D eigenvalue weighted by Gasteiger charge is -2.13. The summed E-state index contributed by atoms with van der Waals surface area (Å²) in [5.41, 5.74) is 0.601. The van der Waals surface area contributed by atoms with Gasteiger partial charge >= 0.3 is 12.1 Å². The van der Waals surface area contributed by atoms with E-state index in [4.69, 9.17) is 4.74 Å². The van der Waals surface area contributed by atoms with Crippen LogP contribution in [0.15, 0.2) is 24.3 Å². The molecule has 1 fully saturated rings. The van der Waals surface area contributed by atoms with Crippen LogP contribution in [0.2, 0.25) is 0 Å². The third kappa shape index (κ3) is 3.05. The summed E-state index contributed by atoms with van der Waals surface area (Å²) in [6, 6.07) is 6.49. The van der Waals surface area contributed by atoms with E-state index in [0.29, 0.717) is 12.2 Å². The molecule has 1 heterocycles. The van der Waals surface area contributed by atoms with E-state index >= 15 is 0 Å². The molecule has 1 aromatic rings. The Balaban J connectivity index is 2.04. The van der Waals surface area contributed by atoms with E-state index < -0.39 is 18.0 Å². The summed E-state index contributed by atoms with van der Waals surface area (Å²) in [5.74, 6) is -0.943. The van der Waals surface area contributed by atoms with E-state index in [9.17, 15) is 14.4 Å². The number of methoxy groups -OCH3 is 1. The SMILES string of the molecule is COC(=O)c1ccccc1NC(=O)CN1CCOC1=O. The van der Waals surface area contributed by atoms with Crippen molar-refractivity contribution in [3.63, 3.8) is 0 Å². The van der Waals surface area contributed by atoms with Crippen LogP contribution in [-0.4, -0.2) is 49.7 Å². The number of anilines is 1. The van der Waals surface area contributed by atoms with Crippen molar-refractivity contribution in [2.45, 2.75) is 0 Å². The molecule has 2 amide bonds. The zero-order valence-corrected chi connectivity index (χ0v) is 10.9. The van der Waals surface area contributed by atoms with E-state index in [-0.39, 0.29) is 18.7 Å². The van der Waals surface area contributed by atoms with Crippen LogP contribution in [0.4, 0.5) is 10.5 Å². The molecule has 1 saturated heterocycles. The largest absolute Gasteiger partial charge is 0.465 e. The Morgan fingerprint density at radius 1 is 1.40 bits per heavy atom. The predicted molar refractivity (Wildman–Crippen MR) is 69.3 cm³/mol. The lowest BCUT2D eigenvalue weighted by atomic mass is 10.2. The molecule has 1 N–H and O–H groups in total. The molecular weight excluding hydrogens is 264 g/mol. The highest BCUT2D eigenvalue weighted by atomic mass is 16.6. The number of hydrogen-bond donors (Lipinski definition) is 1. The first-order valence-corrected chi connectivity index (χ1v) is 6.00. The predicted octanol–water partition coefficient (Wildman–Crippen LogP) is 0.864. The molecule has 7 heteroatoms. The summed E-state index contributed by atoms with van der Waals surface area (Å²) in [5, 5.41) is 2.58. The molecule has 0 spiro atoms. The van der Waals surface area contributed by atoms with Crippen molar-refractivity contribution in [1.29, 1.82) is 0 Å². The van der Waals surface area contributed by atoms with Gasteiger partial charge in [-0.2, -0.15) is 0 Å². The number of carbonyl (C=O) groups excluding carboxylic acids is 3. The molecule has 1 aromatic carbocycles. The van der Waals surface area contributed by atoms with E-state index in [2.05, 4.69) is 10.1 Å². The maximum absolute atomic E-state index is 11.9. The number of para-hydroxylation sites is 1. The first-order valence-electron chi connectivity index (χ1n) is 6.00. The molecule has 0 unspecified atom stereocenters. The lowest BCUT2D eigenvalue weighted by Crippen LogP contribution is -2.34. The van der Waals surface area contributed by atoms with E-state index in [1.165, 1.54) is 12.0 Å². The number of ether oxygens (including phenoxy) is 2. The fourth-order valence-corrected chi connectivity index (χ4v) is 1.81. The van der Waals surface area contributed by atoms with Gasteiger partial charge in [0.25, 0.3) is 0 Å². The van der Waals surface area contributed by atoms with Gasteiger partial charge in [0.1, 0.15) is 13.2 Å². The van der Waals surface area contributed by atoms with Gasteiger partial charge < -0.3 is 14.8 Å². The van der Waals surface area contributed by atoms with Crippen LogP contribution in [0.25, 0.3) is 0 Å². The van der Waals surface area contributed by atoms with Crippen LogP contribution >= 0.6 is 0 Å². The van der Waals surface area contributed by atoms with Crippen molar-refractivity contribution in [1.82, 2.24) is 4.90 Å². The average Bonchev–Trinajstić information content (AvgIpc) is 2.84. The molecule has 0 atom stereocenters. The van der Waals surface area contributed by atoms with Crippen molar-refractivity contribution in [2.75, 3.05) is 32.1 Å². The monoisotopic (exact) mass is 278 g/mol. The van der Waals surface area contributed by atoms with Crippen LogP contribution in [0.3, 0.4) is 0 Å². The van der Waals surface area contributed by atoms with Crippen molar-refractivity contribution in [2.24, 2.45) is 0 Å². The summed E-state index contributed by atoms with van der Waals surface area (Å²) >= 11 is 0. The topological polar surface area (TPSA) is 84.9 Å². The zero-order chi connectivity index (χ0) is 14.5. The molecule has 0 aromatic heterocycles. The summed E-state index contributed by atoms with van der Waals surface area (Å²) in [4.78, 5) is 35.9. The summed E-state index contributed by atoms with van der Waals surface area (Å²) < 4.78 is 9.36.